The van der Waals surface area contributed by atoms with Crippen molar-refractivity contribution in [2.75, 3.05) is 55.0 Å². The SMILES string of the molecule is CCCC(=O)NC[C@H]1c2c(c(OC(C)=O)c(C)c3c2OCO3)CC2[C@H]3c4c(cc(C)c(OC)c4O)C[C@@H]([C@H](O)N21)N3C.COc1c(C)cc2c(c1O)[C@@H]1C3Cc4c(OC(C)=O)c(C)c5c(c4[C@H](CNC(=O)/C=C/c4ccccc4)N3[C@@H](O)[C@H](C2)N1C)OCO5. The number of ether oxygens (including phenoxy) is 8. The summed E-state index contributed by atoms with van der Waals surface area (Å²) in [6.07, 6.45) is 4.26. The number of benzene rings is 5. The van der Waals surface area contributed by atoms with Crippen molar-refractivity contribution in [3.05, 3.63) is 121 Å². The molecule has 5 aromatic rings. The second-order valence-corrected chi connectivity index (χ2v) is 24.4. The van der Waals surface area contributed by atoms with Gasteiger partial charge < -0.3 is 69.0 Å². The number of nitrogens with zero attached hydrogens (tertiary/aromatic N) is 4. The molecule has 4 bridgehead atoms. The fraction of sp³-hybridized carbons (Fsp3) is 0.463. The summed E-state index contributed by atoms with van der Waals surface area (Å²) in [6, 6.07) is 10.5. The third-order valence-corrected chi connectivity index (χ3v) is 19.4. The highest BCUT2D eigenvalue weighted by molar-refractivity contribution is 5.91. The molecule has 0 aliphatic carbocycles. The number of phenolic OH excluding ortho intramolecular Hbond substituents is 2. The van der Waals surface area contributed by atoms with Gasteiger partial charge in [-0.3, -0.25) is 38.8 Å². The number of hydrogen-bond donors (Lipinski definition) is 6. The van der Waals surface area contributed by atoms with Crippen LogP contribution in [0.5, 0.6) is 57.5 Å². The second kappa shape index (κ2) is 24.0. The largest absolute Gasteiger partial charge is 0.504 e. The number of phenols is 2. The van der Waals surface area contributed by atoms with Crippen LogP contribution in [0.1, 0.15) is 130 Å². The summed E-state index contributed by atoms with van der Waals surface area (Å²) in [5.41, 5.74) is 10.2. The molecule has 2 unspecified atom stereocenters. The molecule has 472 valence electrons. The van der Waals surface area contributed by atoms with Crippen LogP contribution in [0.3, 0.4) is 0 Å². The van der Waals surface area contributed by atoms with Crippen LogP contribution in [0.2, 0.25) is 0 Å². The Morgan fingerprint density at radius 1 is 0.607 bits per heavy atom. The van der Waals surface area contributed by atoms with Crippen LogP contribution in [-0.2, 0) is 44.9 Å². The van der Waals surface area contributed by atoms with Crippen LogP contribution >= 0.6 is 0 Å². The van der Waals surface area contributed by atoms with Crippen LogP contribution in [0.15, 0.2) is 48.5 Å². The summed E-state index contributed by atoms with van der Waals surface area (Å²) in [5.74, 6) is 2.53. The Bertz CT molecular complexity index is 3720. The van der Waals surface area contributed by atoms with Crippen LogP contribution < -0.4 is 48.5 Å². The number of aryl methyl sites for hydroxylation is 2. The van der Waals surface area contributed by atoms with Gasteiger partial charge in [-0.05, 0) is 108 Å². The molecule has 89 heavy (non-hydrogen) atoms. The van der Waals surface area contributed by atoms with Crippen LogP contribution in [0.25, 0.3) is 6.08 Å². The van der Waals surface area contributed by atoms with Gasteiger partial charge in [0.2, 0.25) is 25.4 Å². The first kappa shape index (κ1) is 61.1. The van der Waals surface area contributed by atoms with Gasteiger partial charge in [-0.25, -0.2) is 0 Å². The molecule has 6 N–H and O–H groups in total. The predicted octanol–water partition coefficient (Wildman–Crippen LogP) is 6.48. The molecule has 5 aromatic carbocycles. The Morgan fingerprint density at radius 3 is 1.47 bits per heavy atom. The zero-order valence-corrected chi connectivity index (χ0v) is 52.0. The average molecular weight is 1220 g/mol. The highest BCUT2D eigenvalue weighted by Crippen LogP contribution is 2.61. The Labute approximate surface area is 516 Å². The van der Waals surface area contributed by atoms with Gasteiger partial charge in [-0.2, -0.15) is 0 Å². The summed E-state index contributed by atoms with van der Waals surface area (Å²) in [5, 5.41) is 53.6. The minimum atomic E-state index is -0.940. The van der Waals surface area contributed by atoms with E-state index >= 15 is 0 Å². The lowest BCUT2D eigenvalue weighted by atomic mass is 9.73. The normalized spacial score (nSPS) is 25.0. The Morgan fingerprint density at radius 2 is 1.04 bits per heavy atom. The second-order valence-electron chi connectivity index (χ2n) is 24.4. The molecule has 10 atom stereocenters. The topological polar surface area (TPSA) is 260 Å². The number of aliphatic hydroxyl groups is 2. The maximum Gasteiger partial charge on any atom is 0.308 e. The summed E-state index contributed by atoms with van der Waals surface area (Å²) >= 11 is 0. The molecular weight excluding hydrogens is 1140 g/mol. The maximum absolute atomic E-state index is 13.2. The molecule has 2 fully saturated rings. The van der Waals surface area contributed by atoms with Crippen molar-refractivity contribution in [3.8, 4) is 57.5 Å². The van der Waals surface area contributed by atoms with E-state index in [2.05, 4.69) is 20.4 Å². The smallest absolute Gasteiger partial charge is 0.308 e. The van der Waals surface area contributed by atoms with Crippen molar-refractivity contribution < 1.29 is 77.5 Å². The number of carbonyl (C=O) groups excluding carboxylic acids is 4. The molecule has 0 spiro atoms. The van der Waals surface area contributed by atoms with E-state index in [1.807, 2.05) is 101 Å². The van der Waals surface area contributed by atoms with E-state index in [9.17, 15) is 39.6 Å². The molecule has 13 rings (SSSR count). The summed E-state index contributed by atoms with van der Waals surface area (Å²) in [7, 11) is 7.02. The lowest BCUT2D eigenvalue weighted by molar-refractivity contribution is -0.172. The van der Waals surface area contributed by atoms with E-state index in [-0.39, 0.29) is 80.2 Å². The van der Waals surface area contributed by atoms with Gasteiger partial charge in [0.25, 0.3) is 0 Å². The minimum Gasteiger partial charge on any atom is -0.504 e. The molecule has 2 amide bonds. The van der Waals surface area contributed by atoms with Crippen molar-refractivity contribution in [3.63, 3.8) is 0 Å². The molecule has 0 saturated carbocycles. The number of methoxy groups -OCH3 is 2. The number of nitrogens with one attached hydrogen (secondary N) is 2. The van der Waals surface area contributed by atoms with Gasteiger partial charge in [-0.15, -0.1) is 0 Å². The number of likely N-dealkylation sites (N-methyl/N-ethyl adjacent to an activating group) is 2. The van der Waals surface area contributed by atoms with Crippen LogP contribution in [0.4, 0.5) is 0 Å². The Kier molecular flexibility index (Phi) is 16.5. The minimum absolute atomic E-state index is 0.00854. The Balaban J connectivity index is 0.000000174. The van der Waals surface area contributed by atoms with Crippen molar-refractivity contribution in [2.24, 2.45) is 0 Å². The van der Waals surface area contributed by atoms with Crippen molar-refractivity contribution in [2.45, 2.75) is 148 Å². The molecular formula is C67H78N6O16. The standard InChI is InChI=1S/C36H39N3O8.C31H39N3O8/c1-18-13-22-14-25-36(43)39-24(30(38(25)4)28(22)31(42)32(18)44-5)15-23-29(35-34(45-17-46-35)19(2)33(23)47-20(3)40)26(39)16-37-27(41)12-11-21-9-7-6-8-10-21;1-7-8-22(36)32-12-21-24-18(28(42-16(4)35)15(3)29-30(24)41-13-40-29)11-19-25-23-17(9-14(2)27(39-6)26(23)37)10-20(33(25)5)31(38)34(19)21/h6-13,24-26,30,36,42-43H,14-17H2,1-5H3,(H,37,41);9,19-21,25,31,37-38H,7-8,10-13H2,1-6H3,(H,32,36)/b12-11+;/t24?,25-,26-,30-,36-;19?,20-,21-,25-,31-/m00/s1. The first-order chi connectivity index (χ1) is 42.7. The van der Waals surface area contributed by atoms with E-state index in [4.69, 9.17) is 37.9 Å². The maximum atomic E-state index is 13.2. The van der Waals surface area contributed by atoms with Crippen LogP contribution in [0, 0.1) is 27.7 Å². The van der Waals surface area contributed by atoms with E-state index < -0.39 is 42.5 Å². The summed E-state index contributed by atoms with van der Waals surface area (Å²) in [4.78, 5) is 59.0. The number of amides is 2. The quantitative estimate of drug-likeness (QED) is 0.0443. The number of carbonyl (C=O) groups is 4. The third kappa shape index (κ3) is 10.2. The first-order valence-corrected chi connectivity index (χ1v) is 30.4. The van der Waals surface area contributed by atoms with E-state index in [0.29, 0.717) is 101 Å². The molecule has 2 saturated heterocycles. The van der Waals surface area contributed by atoms with Crippen molar-refractivity contribution >= 4 is 29.8 Å². The molecule has 8 aliphatic rings. The summed E-state index contributed by atoms with van der Waals surface area (Å²) in [6.45, 7) is 12.5. The van der Waals surface area contributed by atoms with E-state index in [0.717, 1.165) is 55.6 Å². The number of esters is 2. The molecule has 8 heterocycles. The summed E-state index contributed by atoms with van der Waals surface area (Å²) < 4.78 is 46.8. The van der Waals surface area contributed by atoms with Gasteiger partial charge in [0, 0.05) is 96.0 Å². The molecule has 22 heteroatoms. The van der Waals surface area contributed by atoms with Gasteiger partial charge in [0.05, 0.1) is 50.5 Å². The van der Waals surface area contributed by atoms with Gasteiger partial charge in [0.1, 0.15) is 24.0 Å². The first-order valence-electron chi connectivity index (χ1n) is 30.4. The average Bonchev–Trinajstić information content (AvgIpc) is 1.12. The number of rotatable bonds is 12. The highest BCUT2D eigenvalue weighted by atomic mass is 16.7. The molecule has 8 aliphatic heterocycles. The molecule has 0 aromatic heterocycles. The van der Waals surface area contributed by atoms with Crippen LogP contribution in [-0.4, -0.2) is 155 Å². The van der Waals surface area contributed by atoms with Gasteiger partial charge >= 0.3 is 11.9 Å². The number of aliphatic hydroxyl groups excluding tert-OH is 2. The number of aromatic hydroxyl groups is 2. The molecule has 0 radical (unpaired) electrons. The number of piperazine rings is 2. The van der Waals surface area contributed by atoms with Gasteiger partial charge in [-0.1, -0.05) is 49.4 Å². The Hall–Kier alpha value is -8.12. The monoisotopic (exact) mass is 1220 g/mol. The van der Waals surface area contributed by atoms with Crippen molar-refractivity contribution in [1.82, 2.24) is 30.2 Å². The predicted molar refractivity (Wildman–Crippen MR) is 325 cm³/mol. The van der Waals surface area contributed by atoms with E-state index in [1.165, 1.54) is 19.9 Å². The zero-order valence-electron chi connectivity index (χ0n) is 52.0. The van der Waals surface area contributed by atoms with Gasteiger partial charge in [0.15, 0.2) is 46.0 Å². The molecule has 22 nitrogen and oxygen atoms in total. The number of fused-ring (bicyclic) bond motifs is 18. The fourth-order valence-electron chi connectivity index (χ4n) is 15.8. The number of hydrogen-bond acceptors (Lipinski definition) is 20. The zero-order chi connectivity index (χ0) is 63.2. The highest BCUT2D eigenvalue weighted by Gasteiger charge is 2.58. The van der Waals surface area contributed by atoms with E-state index in [1.54, 1.807) is 20.3 Å². The van der Waals surface area contributed by atoms with Crippen molar-refractivity contribution in [1.29, 1.82) is 0 Å². The lowest BCUT2D eigenvalue weighted by Crippen LogP contribution is -2.69. The third-order valence-electron chi connectivity index (χ3n) is 19.4. The fourth-order valence-corrected chi connectivity index (χ4v) is 15.8. The lowest BCUT2D eigenvalue weighted by Gasteiger charge is -2.60.